The van der Waals surface area contributed by atoms with E-state index < -0.39 is 5.97 Å². The van der Waals surface area contributed by atoms with Crippen LogP contribution in [0.25, 0.3) is 0 Å². The molecule has 0 atom stereocenters. The van der Waals surface area contributed by atoms with Crippen molar-refractivity contribution in [3.05, 3.63) is 0 Å². The SMILES string of the molecule is COC(=O)CCOCCOCCOCCOCCOCCOCCOCCOCCOC(=O)CCCCC(=O)O. The number of carboxylic acid groups (broad SMARTS) is 1. The van der Waals surface area contributed by atoms with Crippen molar-refractivity contribution < 1.29 is 66.9 Å². The van der Waals surface area contributed by atoms with E-state index in [2.05, 4.69) is 4.74 Å². The fourth-order valence-electron chi connectivity index (χ4n) is 2.73. The molecule has 0 heterocycles. The fourth-order valence-corrected chi connectivity index (χ4v) is 2.73. The van der Waals surface area contributed by atoms with E-state index >= 15 is 0 Å². The molecule has 0 saturated carbocycles. The highest BCUT2D eigenvalue weighted by atomic mass is 16.6. The number of carbonyl (C=O) groups excluding carboxylic acids is 2. The van der Waals surface area contributed by atoms with E-state index in [1.807, 2.05) is 0 Å². The van der Waals surface area contributed by atoms with E-state index in [1.165, 1.54) is 7.11 Å². The zero-order valence-electron chi connectivity index (χ0n) is 23.8. The average Bonchev–Trinajstić information content (AvgIpc) is 2.94. The van der Waals surface area contributed by atoms with Crippen LogP contribution in [0.3, 0.4) is 0 Å². The molecule has 0 aliphatic heterocycles. The number of methoxy groups -OCH3 is 1. The second kappa shape index (κ2) is 31.6. The Morgan fingerprint density at radius 1 is 0.425 bits per heavy atom. The number of esters is 2. The Morgan fingerprint density at radius 2 is 0.750 bits per heavy atom. The van der Waals surface area contributed by atoms with Gasteiger partial charge in [0.05, 0.1) is 119 Å². The van der Waals surface area contributed by atoms with Crippen molar-refractivity contribution in [3.63, 3.8) is 0 Å². The average molecular weight is 585 g/mol. The highest BCUT2D eigenvalue weighted by Crippen LogP contribution is 2.01. The number of hydrogen-bond acceptors (Lipinski definition) is 13. The Balaban J connectivity index is 3.11. The third kappa shape index (κ3) is 32.3. The molecule has 0 aromatic carbocycles. The molecule has 0 radical (unpaired) electrons. The third-order valence-corrected chi connectivity index (χ3v) is 4.79. The minimum atomic E-state index is -0.865. The molecule has 40 heavy (non-hydrogen) atoms. The normalized spacial score (nSPS) is 11.0. The highest BCUT2D eigenvalue weighted by molar-refractivity contribution is 5.70. The number of aliphatic carboxylic acids is 1. The summed E-state index contributed by atoms with van der Waals surface area (Å²) in [5.41, 5.74) is 0. The minimum Gasteiger partial charge on any atom is -0.481 e. The van der Waals surface area contributed by atoms with E-state index in [0.29, 0.717) is 112 Å². The van der Waals surface area contributed by atoms with Crippen molar-refractivity contribution in [2.75, 3.05) is 119 Å². The maximum Gasteiger partial charge on any atom is 0.307 e. The first-order chi connectivity index (χ1) is 19.6. The van der Waals surface area contributed by atoms with Gasteiger partial charge >= 0.3 is 17.9 Å². The van der Waals surface area contributed by atoms with E-state index in [1.54, 1.807) is 0 Å². The maximum absolute atomic E-state index is 11.4. The third-order valence-electron chi connectivity index (χ3n) is 4.79. The van der Waals surface area contributed by atoms with Gasteiger partial charge in [0.1, 0.15) is 6.61 Å². The molecular weight excluding hydrogens is 536 g/mol. The van der Waals surface area contributed by atoms with Crippen LogP contribution in [0, 0.1) is 0 Å². The molecule has 0 fully saturated rings. The van der Waals surface area contributed by atoms with Gasteiger partial charge in [-0.25, -0.2) is 0 Å². The molecule has 0 aliphatic rings. The summed E-state index contributed by atoms with van der Waals surface area (Å²) in [6.07, 6.45) is 1.46. The maximum atomic E-state index is 11.4. The second-order valence-corrected chi connectivity index (χ2v) is 8.05. The molecule has 0 bridgehead atoms. The number of rotatable bonds is 32. The van der Waals surface area contributed by atoms with Crippen LogP contribution < -0.4 is 0 Å². The first-order valence-electron chi connectivity index (χ1n) is 13.6. The summed E-state index contributed by atoms with van der Waals surface area (Å²) in [6, 6.07) is 0. The molecule has 0 amide bonds. The number of carboxylic acids is 1. The number of hydrogen-bond donors (Lipinski definition) is 1. The van der Waals surface area contributed by atoms with Crippen molar-refractivity contribution in [2.24, 2.45) is 0 Å². The molecule has 1 N–H and O–H groups in total. The molecule has 0 aliphatic carbocycles. The Kier molecular flexibility index (Phi) is 30.1. The second-order valence-electron chi connectivity index (χ2n) is 8.05. The van der Waals surface area contributed by atoms with Gasteiger partial charge < -0.3 is 52.5 Å². The molecule has 0 rings (SSSR count). The Hall–Kier alpha value is -1.91. The zero-order chi connectivity index (χ0) is 29.4. The van der Waals surface area contributed by atoms with Gasteiger partial charge in [-0.2, -0.15) is 0 Å². The first-order valence-corrected chi connectivity index (χ1v) is 13.6. The lowest BCUT2D eigenvalue weighted by Gasteiger charge is -2.09. The van der Waals surface area contributed by atoms with Crippen LogP contribution in [0.15, 0.2) is 0 Å². The molecule has 0 spiro atoms. The van der Waals surface area contributed by atoms with Crippen LogP contribution >= 0.6 is 0 Å². The lowest BCUT2D eigenvalue weighted by atomic mass is 10.2. The monoisotopic (exact) mass is 584 g/mol. The van der Waals surface area contributed by atoms with Gasteiger partial charge in [0.2, 0.25) is 0 Å². The van der Waals surface area contributed by atoms with Crippen molar-refractivity contribution in [3.8, 4) is 0 Å². The van der Waals surface area contributed by atoms with Crippen LogP contribution in [-0.2, 0) is 61.8 Å². The van der Waals surface area contributed by atoms with Gasteiger partial charge in [-0.1, -0.05) is 0 Å². The van der Waals surface area contributed by atoms with Crippen molar-refractivity contribution in [1.29, 1.82) is 0 Å². The molecule has 236 valence electrons. The van der Waals surface area contributed by atoms with Crippen molar-refractivity contribution in [2.45, 2.75) is 32.1 Å². The van der Waals surface area contributed by atoms with E-state index in [9.17, 15) is 14.4 Å². The van der Waals surface area contributed by atoms with Gasteiger partial charge in [0.25, 0.3) is 0 Å². The van der Waals surface area contributed by atoms with Gasteiger partial charge in [-0.15, -0.1) is 0 Å². The minimum absolute atomic E-state index is 0.0586. The Morgan fingerprint density at radius 3 is 1.10 bits per heavy atom. The van der Waals surface area contributed by atoms with Gasteiger partial charge in [0.15, 0.2) is 0 Å². The Bertz CT molecular complexity index is 590. The topological polar surface area (TPSA) is 164 Å². The van der Waals surface area contributed by atoms with Crippen LogP contribution in [0.5, 0.6) is 0 Å². The summed E-state index contributed by atoms with van der Waals surface area (Å²) >= 11 is 0. The standard InChI is InChI=1S/C26H48O14/c1-31-25(29)6-7-32-8-9-33-10-11-34-12-13-35-14-15-36-16-17-37-18-19-38-20-21-39-22-23-40-26(30)5-3-2-4-24(27)28/h2-23H2,1H3,(H,27,28). The Labute approximate surface area is 236 Å². The number of ether oxygens (including phenoxy) is 10. The number of unbranched alkanes of at least 4 members (excludes halogenated alkanes) is 1. The van der Waals surface area contributed by atoms with Crippen molar-refractivity contribution in [1.82, 2.24) is 0 Å². The summed E-state index contributed by atoms with van der Waals surface area (Å²) in [4.78, 5) is 32.7. The lowest BCUT2D eigenvalue weighted by Crippen LogP contribution is -2.15. The van der Waals surface area contributed by atoms with Crippen LogP contribution in [0.2, 0.25) is 0 Å². The van der Waals surface area contributed by atoms with Crippen LogP contribution in [0.4, 0.5) is 0 Å². The van der Waals surface area contributed by atoms with Crippen molar-refractivity contribution >= 4 is 17.9 Å². The van der Waals surface area contributed by atoms with Gasteiger partial charge in [-0.05, 0) is 12.8 Å². The lowest BCUT2D eigenvalue weighted by molar-refractivity contribution is -0.146. The molecule has 0 unspecified atom stereocenters. The molecular formula is C26H48O14. The summed E-state index contributed by atoms with van der Waals surface area (Å²) in [5.74, 6) is -1.51. The molecule has 0 aromatic heterocycles. The summed E-state index contributed by atoms with van der Waals surface area (Å²) in [7, 11) is 1.34. The largest absolute Gasteiger partial charge is 0.481 e. The number of carbonyl (C=O) groups is 3. The summed E-state index contributed by atoms with van der Waals surface area (Å²) < 4.78 is 52.4. The van der Waals surface area contributed by atoms with E-state index in [0.717, 1.165) is 0 Å². The van der Waals surface area contributed by atoms with Gasteiger partial charge in [-0.3, -0.25) is 14.4 Å². The van der Waals surface area contributed by atoms with E-state index in [4.69, 9.17) is 47.7 Å². The van der Waals surface area contributed by atoms with Crippen LogP contribution in [-0.4, -0.2) is 142 Å². The molecule has 14 heteroatoms. The zero-order valence-corrected chi connectivity index (χ0v) is 23.8. The quantitative estimate of drug-likeness (QED) is 0.0875. The summed E-state index contributed by atoms with van der Waals surface area (Å²) in [5, 5.41) is 8.53. The predicted molar refractivity (Wildman–Crippen MR) is 140 cm³/mol. The fraction of sp³-hybridized carbons (Fsp3) is 0.885. The highest BCUT2D eigenvalue weighted by Gasteiger charge is 2.04. The van der Waals surface area contributed by atoms with Gasteiger partial charge in [0, 0.05) is 12.8 Å². The predicted octanol–water partition coefficient (Wildman–Crippen LogP) is 0.871. The van der Waals surface area contributed by atoms with E-state index in [-0.39, 0.29) is 44.4 Å². The molecule has 0 saturated heterocycles. The molecule has 14 nitrogen and oxygen atoms in total. The molecule has 0 aromatic rings. The summed E-state index contributed by atoms with van der Waals surface area (Å²) in [6.45, 7) is 7.02. The smallest absolute Gasteiger partial charge is 0.307 e. The van der Waals surface area contributed by atoms with Crippen LogP contribution in [0.1, 0.15) is 32.1 Å². The first kappa shape index (κ1) is 38.1.